The Bertz CT molecular complexity index is 1120. The summed E-state index contributed by atoms with van der Waals surface area (Å²) < 4.78 is 2.29. The van der Waals surface area contributed by atoms with Crippen LogP contribution in [-0.4, -0.2) is 70.1 Å². The number of anilines is 1. The van der Waals surface area contributed by atoms with Crippen LogP contribution >= 0.6 is 0 Å². The number of aryl methyl sites for hydroxylation is 3. The molecule has 1 N–H and O–H groups in total. The molecule has 1 saturated carbocycles. The number of hydrogen-bond acceptors (Lipinski definition) is 5. The molecule has 5 rings (SSSR count). The summed E-state index contributed by atoms with van der Waals surface area (Å²) in [5.41, 5.74) is 6.84. The molecule has 1 saturated heterocycles. The van der Waals surface area contributed by atoms with Gasteiger partial charge in [0.05, 0.1) is 6.54 Å². The molecule has 0 bridgehead atoms. The van der Waals surface area contributed by atoms with Crippen molar-refractivity contribution in [2.45, 2.75) is 65.5 Å². The minimum Gasteiger partial charge on any atom is -0.382 e. The van der Waals surface area contributed by atoms with Crippen LogP contribution in [0.3, 0.4) is 0 Å². The van der Waals surface area contributed by atoms with Crippen LogP contribution in [0.1, 0.15) is 55.3 Å². The first-order chi connectivity index (χ1) is 17.0. The van der Waals surface area contributed by atoms with E-state index in [2.05, 4.69) is 77.8 Å². The first kappa shape index (κ1) is 24.3. The maximum atomic E-state index is 4.89. The third-order valence-corrected chi connectivity index (χ3v) is 8.04. The van der Waals surface area contributed by atoms with E-state index in [0.717, 1.165) is 41.6 Å². The highest BCUT2D eigenvalue weighted by molar-refractivity contribution is 5.76. The highest BCUT2D eigenvalue weighted by Crippen LogP contribution is 2.28. The lowest BCUT2D eigenvalue weighted by Gasteiger charge is -2.37. The molecule has 3 heterocycles. The Morgan fingerprint density at radius 2 is 1.66 bits per heavy atom. The van der Waals surface area contributed by atoms with E-state index in [1.165, 1.54) is 75.2 Å². The van der Waals surface area contributed by atoms with Gasteiger partial charge in [-0.25, -0.2) is 9.97 Å². The minimum atomic E-state index is 0.601. The highest BCUT2D eigenvalue weighted by atomic mass is 15.2. The molecule has 35 heavy (non-hydrogen) atoms. The number of nitrogens with zero attached hydrogens (tertiary/aromatic N) is 5. The largest absolute Gasteiger partial charge is 0.382 e. The molecule has 188 valence electrons. The van der Waals surface area contributed by atoms with Crippen molar-refractivity contribution in [3.05, 3.63) is 53.0 Å². The Balaban J connectivity index is 1.16. The van der Waals surface area contributed by atoms with Crippen LogP contribution < -0.4 is 5.32 Å². The Morgan fingerprint density at radius 1 is 0.943 bits per heavy atom. The summed E-state index contributed by atoms with van der Waals surface area (Å²) in [6.07, 6.45) is 6.17. The lowest BCUT2D eigenvalue weighted by atomic mass is 9.85. The smallest absolute Gasteiger partial charge is 0.160 e. The Kier molecular flexibility index (Phi) is 7.40. The molecule has 0 unspecified atom stereocenters. The molecule has 1 aromatic carbocycles. The number of nitrogens with one attached hydrogen (secondary N) is 1. The number of imidazole rings is 1. The summed E-state index contributed by atoms with van der Waals surface area (Å²) in [4.78, 5) is 14.8. The van der Waals surface area contributed by atoms with Gasteiger partial charge in [0.15, 0.2) is 5.65 Å². The molecule has 0 radical (unpaired) electrons. The van der Waals surface area contributed by atoms with Crippen LogP contribution in [0.15, 0.2) is 30.3 Å². The zero-order valence-corrected chi connectivity index (χ0v) is 22.1. The van der Waals surface area contributed by atoms with Crippen molar-refractivity contribution in [1.29, 1.82) is 0 Å². The van der Waals surface area contributed by atoms with Gasteiger partial charge in [0, 0.05) is 56.6 Å². The molecule has 1 aliphatic heterocycles. The Labute approximate surface area is 210 Å². The number of fused-ring (bicyclic) bond motifs is 1. The molecule has 6 heteroatoms. The third-order valence-electron chi connectivity index (χ3n) is 8.04. The zero-order chi connectivity index (χ0) is 24.4. The molecule has 0 spiro atoms. The van der Waals surface area contributed by atoms with Gasteiger partial charge in [-0.15, -0.1) is 0 Å². The average molecular weight is 475 g/mol. The summed E-state index contributed by atoms with van der Waals surface area (Å²) in [6, 6.07) is 11.7. The van der Waals surface area contributed by atoms with Crippen LogP contribution in [0.25, 0.3) is 11.2 Å². The van der Waals surface area contributed by atoms with Crippen LogP contribution in [0, 0.1) is 19.8 Å². The first-order valence-electron chi connectivity index (χ1n) is 13.6. The van der Waals surface area contributed by atoms with Crippen molar-refractivity contribution in [2.24, 2.45) is 5.92 Å². The zero-order valence-electron chi connectivity index (χ0n) is 22.1. The minimum absolute atomic E-state index is 0.601. The fraction of sp³-hybridized carbons (Fsp3) is 0.586. The van der Waals surface area contributed by atoms with Gasteiger partial charge in [-0.2, -0.15) is 0 Å². The van der Waals surface area contributed by atoms with Crippen molar-refractivity contribution >= 4 is 16.9 Å². The Hall–Kier alpha value is -2.44. The molecule has 6 nitrogen and oxygen atoms in total. The molecule has 1 aliphatic carbocycles. The fourth-order valence-electron chi connectivity index (χ4n) is 5.89. The van der Waals surface area contributed by atoms with Gasteiger partial charge in [-0.3, -0.25) is 0 Å². The summed E-state index contributed by atoms with van der Waals surface area (Å²) in [6.45, 7) is 13.4. The van der Waals surface area contributed by atoms with E-state index in [9.17, 15) is 0 Å². The van der Waals surface area contributed by atoms with E-state index in [4.69, 9.17) is 9.97 Å². The monoisotopic (exact) mass is 474 g/mol. The average Bonchev–Trinajstić information content (AvgIpc) is 3.20. The van der Waals surface area contributed by atoms with Crippen LogP contribution in [-0.2, 0) is 13.0 Å². The quantitative estimate of drug-likeness (QED) is 0.529. The number of aromatic nitrogens is 3. The molecular weight excluding hydrogens is 432 g/mol. The number of rotatable bonds is 7. The molecule has 0 amide bonds. The second-order valence-corrected chi connectivity index (χ2v) is 10.9. The van der Waals surface area contributed by atoms with Crippen molar-refractivity contribution < 1.29 is 0 Å². The second kappa shape index (κ2) is 10.7. The molecule has 0 atom stereocenters. The number of pyridine rings is 1. The highest BCUT2D eigenvalue weighted by Gasteiger charge is 2.24. The van der Waals surface area contributed by atoms with E-state index >= 15 is 0 Å². The lowest BCUT2D eigenvalue weighted by Crippen LogP contribution is -2.46. The SMILES string of the molecule is CCc1nc2c(C)cc(C)nc2n1Cc1ccc(NC2CCC(CN3CCN(C)CC3)CC2)cc1. The number of benzene rings is 1. The molecular formula is C29H42N6. The topological polar surface area (TPSA) is 49.2 Å². The van der Waals surface area contributed by atoms with E-state index in [1.54, 1.807) is 0 Å². The normalized spacial score (nSPS) is 22.1. The number of piperazine rings is 1. The van der Waals surface area contributed by atoms with Gasteiger partial charge >= 0.3 is 0 Å². The molecule has 3 aromatic rings. The summed E-state index contributed by atoms with van der Waals surface area (Å²) in [5.74, 6) is 1.98. The maximum absolute atomic E-state index is 4.89. The standard InChI is InChI=1S/C29H42N6/c1-5-27-32-28-21(2)18-22(3)30-29(28)35(27)20-24-8-12-26(13-9-24)31-25-10-6-23(7-11-25)19-34-16-14-33(4)15-17-34/h8-9,12-13,18,23,25,31H,5-7,10-11,14-17,19-20H2,1-4H3. The van der Waals surface area contributed by atoms with Gasteiger partial charge in [0.25, 0.3) is 0 Å². The third kappa shape index (κ3) is 5.70. The van der Waals surface area contributed by atoms with Crippen LogP contribution in [0.4, 0.5) is 5.69 Å². The van der Waals surface area contributed by atoms with Crippen molar-refractivity contribution in [1.82, 2.24) is 24.3 Å². The van der Waals surface area contributed by atoms with E-state index in [0.29, 0.717) is 6.04 Å². The van der Waals surface area contributed by atoms with Gasteiger partial charge in [-0.1, -0.05) is 19.1 Å². The maximum Gasteiger partial charge on any atom is 0.160 e. The number of hydrogen-bond donors (Lipinski definition) is 1. The summed E-state index contributed by atoms with van der Waals surface area (Å²) in [7, 11) is 2.24. The van der Waals surface area contributed by atoms with Crippen molar-refractivity contribution in [3.63, 3.8) is 0 Å². The van der Waals surface area contributed by atoms with E-state index < -0.39 is 0 Å². The molecule has 2 aromatic heterocycles. The Morgan fingerprint density at radius 3 is 2.34 bits per heavy atom. The van der Waals surface area contributed by atoms with Gasteiger partial charge in [-0.05, 0) is 81.8 Å². The van der Waals surface area contributed by atoms with Gasteiger partial charge < -0.3 is 19.7 Å². The van der Waals surface area contributed by atoms with Crippen LogP contribution in [0.2, 0.25) is 0 Å². The van der Waals surface area contributed by atoms with E-state index in [-0.39, 0.29) is 0 Å². The number of likely N-dealkylation sites (N-methyl/N-ethyl adjacent to an activating group) is 1. The fourth-order valence-corrected chi connectivity index (χ4v) is 5.89. The van der Waals surface area contributed by atoms with Crippen LogP contribution in [0.5, 0.6) is 0 Å². The predicted octanol–water partition coefficient (Wildman–Crippen LogP) is 4.88. The van der Waals surface area contributed by atoms with E-state index in [1.807, 2.05) is 0 Å². The first-order valence-corrected chi connectivity index (χ1v) is 13.6. The summed E-state index contributed by atoms with van der Waals surface area (Å²) in [5, 5.41) is 3.81. The molecule has 2 fully saturated rings. The predicted molar refractivity (Wildman–Crippen MR) is 145 cm³/mol. The second-order valence-electron chi connectivity index (χ2n) is 10.9. The van der Waals surface area contributed by atoms with Gasteiger partial charge in [0.2, 0.25) is 0 Å². The lowest BCUT2D eigenvalue weighted by molar-refractivity contribution is 0.124. The summed E-state index contributed by atoms with van der Waals surface area (Å²) >= 11 is 0. The molecule has 2 aliphatic rings. The van der Waals surface area contributed by atoms with Crippen molar-refractivity contribution in [3.8, 4) is 0 Å². The van der Waals surface area contributed by atoms with Gasteiger partial charge in [0.1, 0.15) is 11.3 Å². The van der Waals surface area contributed by atoms with Crippen molar-refractivity contribution in [2.75, 3.05) is 45.1 Å².